The van der Waals surface area contributed by atoms with Crippen molar-refractivity contribution >= 4 is 11.8 Å². The van der Waals surface area contributed by atoms with Gasteiger partial charge in [0.25, 0.3) is 0 Å². The Kier molecular flexibility index (Phi) is 5.42. The molecule has 3 rings (SSSR count). The van der Waals surface area contributed by atoms with Crippen LogP contribution in [-0.2, 0) is 16.0 Å². The first-order chi connectivity index (χ1) is 12.1. The lowest BCUT2D eigenvalue weighted by Gasteiger charge is -2.29. The Bertz CT molecular complexity index is 729. The lowest BCUT2D eigenvalue weighted by atomic mass is 10.0. The summed E-state index contributed by atoms with van der Waals surface area (Å²) in [6.07, 6.45) is 1.89. The standard InChI is InChI=1S/C18H22N4O3/c1-13-20-17(25-21-13)8-5-9-18(24)22-11-10-19-16(23)12-15(22)14-6-3-2-4-7-14/h2-4,6-7,15H,5,8-12H2,1H3,(H,19,23). The van der Waals surface area contributed by atoms with E-state index in [1.165, 1.54) is 0 Å². The second kappa shape index (κ2) is 7.92. The molecular formula is C18H22N4O3. The van der Waals surface area contributed by atoms with Crippen LogP contribution in [0.3, 0.4) is 0 Å². The van der Waals surface area contributed by atoms with E-state index in [1.807, 2.05) is 35.2 Å². The summed E-state index contributed by atoms with van der Waals surface area (Å²) < 4.78 is 5.08. The minimum absolute atomic E-state index is 0.0227. The van der Waals surface area contributed by atoms with Crippen molar-refractivity contribution in [2.24, 2.45) is 0 Å². The molecule has 1 aromatic carbocycles. The predicted molar refractivity (Wildman–Crippen MR) is 90.5 cm³/mol. The Morgan fingerprint density at radius 1 is 1.36 bits per heavy atom. The van der Waals surface area contributed by atoms with E-state index in [9.17, 15) is 9.59 Å². The molecule has 7 heteroatoms. The van der Waals surface area contributed by atoms with Crippen molar-refractivity contribution in [3.05, 3.63) is 47.6 Å². The lowest BCUT2D eigenvalue weighted by molar-refractivity contribution is -0.133. The summed E-state index contributed by atoms with van der Waals surface area (Å²) in [7, 11) is 0. The van der Waals surface area contributed by atoms with Gasteiger partial charge in [-0.05, 0) is 18.9 Å². The molecule has 2 aromatic rings. The molecule has 1 aliphatic heterocycles. The van der Waals surface area contributed by atoms with Crippen LogP contribution in [0.2, 0.25) is 0 Å². The van der Waals surface area contributed by atoms with Crippen LogP contribution in [0.25, 0.3) is 0 Å². The molecule has 0 aliphatic carbocycles. The summed E-state index contributed by atoms with van der Waals surface area (Å²) in [4.78, 5) is 30.7. The molecule has 0 saturated carbocycles. The Morgan fingerprint density at radius 3 is 2.88 bits per heavy atom. The zero-order chi connectivity index (χ0) is 17.6. The van der Waals surface area contributed by atoms with E-state index in [-0.39, 0.29) is 17.9 Å². The maximum absolute atomic E-state index is 12.8. The zero-order valence-corrected chi connectivity index (χ0v) is 14.3. The van der Waals surface area contributed by atoms with Crippen molar-refractivity contribution in [2.45, 2.75) is 38.6 Å². The number of benzene rings is 1. The van der Waals surface area contributed by atoms with Gasteiger partial charge >= 0.3 is 0 Å². The van der Waals surface area contributed by atoms with Gasteiger partial charge in [0.2, 0.25) is 17.7 Å². The normalized spacial score (nSPS) is 17.9. The van der Waals surface area contributed by atoms with E-state index < -0.39 is 0 Å². The number of hydrogen-bond acceptors (Lipinski definition) is 5. The molecule has 25 heavy (non-hydrogen) atoms. The number of hydrogen-bond donors (Lipinski definition) is 1. The quantitative estimate of drug-likeness (QED) is 0.895. The highest BCUT2D eigenvalue weighted by atomic mass is 16.5. The molecule has 1 atom stereocenters. The number of carbonyl (C=O) groups excluding carboxylic acids is 2. The molecule has 1 aromatic heterocycles. The molecule has 0 radical (unpaired) electrons. The van der Waals surface area contributed by atoms with Crippen LogP contribution in [0.15, 0.2) is 34.9 Å². The van der Waals surface area contributed by atoms with Crippen LogP contribution >= 0.6 is 0 Å². The van der Waals surface area contributed by atoms with Gasteiger partial charge in [0.05, 0.1) is 12.5 Å². The van der Waals surface area contributed by atoms with E-state index in [2.05, 4.69) is 15.5 Å². The van der Waals surface area contributed by atoms with Crippen molar-refractivity contribution < 1.29 is 14.1 Å². The number of nitrogens with zero attached hydrogens (tertiary/aromatic N) is 3. The molecule has 2 heterocycles. The third-order valence-electron chi connectivity index (χ3n) is 4.29. The van der Waals surface area contributed by atoms with Crippen LogP contribution in [0.1, 0.15) is 42.6 Å². The average Bonchev–Trinajstić information content (AvgIpc) is 2.92. The van der Waals surface area contributed by atoms with Gasteiger partial charge in [-0.3, -0.25) is 9.59 Å². The molecule has 1 unspecified atom stereocenters. The maximum Gasteiger partial charge on any atom is 0.226 e. The second-order valence-electron chi connectivity index (χ2n) is 6.16. The van der Waals surface area contributed by atoms with E-state index in [1.54, 1.807) is 6.92 Å². The average molecular weight is 342 g/mol. The van der Waals surface area contributed by atoms with Crippen molar-refractivity contribution in [3.63, 3.8) is 0 Å². The van der Waals surface area contributed by atoms with Crippen LogP contribution in [0.4, 0.5) is 0 Å². The van der Waals surface area contributed by atoms with Gasteiger partial charge in [-0.1, -0.05) is 35.5 Å². The van der Waals surface area contributed by atoms with Gasteiger partial charge in [-0.2, -0.15) is 4.98 Å². The molecule has 1 aliphatic rings. The minimum atomic E-state index is -0.221. The Hall–Kier alpha value is -2.70. The molecule has 1 N–H and O–H groups in total. The van der Waals surface area contributed by atoms with Gasteiger partial charge in [-0.15, -0.1) is 0 Å². The van der Waals surface area contributed by atoms with Gasteiger partial charge < -0.3 is 14.7 Å². The lowest BCUT2D eigenvalue weighted by Crippen LogP contribution is -2.36. The van der Waals surface area contributed by atoms with Crippen LogP contribution in [0.5, 0.6) is 0 Å². The summed E-state index contributed by atoms with van der Waals surface area (Å²) >= 11 is 0. The predicted octanol–water partition coefficient (Wildman–Crippen LogP) is 1.79. The van der Waals surface area contributed by atoms with Gasteiger partial charge in [0, 0.05) is 25.9 Å². The summed E-state index contributed by atoms with van der Waals surface area (Å²) in [6.45, 7) is 2.77. The summed E-state index contributed by atoms with van der Waals surface area (Å²) in [5.74, 6) is 1.17. The van der Waals surface area contributed by atoms with Gasteiger partial charge in [0.15, 0.2) is 5.82 Å². The molecule has 1 fully saturated rings. The third kappa shape index (κ3) is 4.43. The van der Waals surface area contributed by atoms with E-state index in [4.69, 9.17) is 4.52 Å². The molecule has 7 nitrogen and oxygen atoms in total. The number of amides is 2. The van der Waals surface area contributed by atoms with Crippen molar-refractivity contribution in [1.82, 2.24) is 20.4 Å². The molecule has 2 amide bonds. The highest BCUT2D eigenvalue weighted by Crippen LogP contribution is 2.26. The molecular weight excluding hydrogens is 320 g/mol. The molecule has 0 bridgehead atoms. The van der Waals surface area contributed by atoms with Crippen LogP contribution < -0.4 is 5.32 Å². The number of nitrogens with one attached hydrogen (secondary N) is 1. The third-order valence-corrected chi connectivity index (χ3v) is 4.29. The number of aryl methyl sites for hydroxylation is 2. The zero-order valence-electron chi connectivity index (χ0n) is 14.3. The highest BCUT2D eigenvalue weighted by Gasteiger charge is 2.29. The Balaban J connectivity index is 1.66. The minimum Gasteiger partial charge on any atom is -0.354 e. The van der Waals surface area contributed by atoms with Crippen molar-refractivity contribution in [1.29, 1.82) is 0 Å². The van der Waals surface area contributed by atoms with Gasteiger partial charge in [0.1, 0.15) is 0 Å². The number of rotatable bonds is 5. The first kappa shape index (κ1) is 17.1. The summed E-state index contributed by atoms with van der Waals surface area (Å²) in [5.41, 5.74) is 0.987. The van der Waals surface area contributed by atoms with Crippen LogP contribution in [-0.4, -0.2) is 39.9 Å². The molecule has 0 spiro atoms. The SMILES string of the molecule is Cc1noc(CCCC(=O)N2CCNC(=O)CC2c2ccccc2)n1. The highest BCUT2D eigenvalue weighted by molar-refractivity contribution is 5.81. The topological polar surface area (TPSA) is 88.3 Å². The Labute approximate surface area is 146 Å². The van der Waals surface area contributed by atoms with Crippen LogP contribution in [0, 0.1) is 6.92 Å². The first-order valence-electron chi connectivity index (χ1n) is 8.54. The fraction of sp³-hybridized carbons (Fsp3) is 0.444. The summed E-state index contributed by atoms with van der Waals surface area (Å²) in [6, 6.07) is 9.49. The fourth-order valence-electron chi connectivity index (χ4n) is 3.08. The summed E-state index contributed by atoms with van der Waals surface area (Å²) in [5, 5.41) is 6.60. The number of carbonyl (C=O) groups is 2. The first-order valence-corrected chi connectivity index (χ1v) is 8.54. The van der Waals surface area contributed by atoms with E-state index >= 15 is 0 Å². The second-order valence-corrected chi connectivity index (χ2v) is 6.16. The van der Waals surface area contributed by atoms with E-state index in [0.29, 0.717) is 50.5 Å². The monoisotopic (exact) mass is 342 g/mol. The largest absolute Gasteiger partial charge is 0.354 e. The molecule has 132 valence electrons. The van der Waals surface area contributed by atoms with Crippen molar-refractivity contribution in [3.8, 4) is 0 Å². The fourth-order valence-corrected chi connectivity index (χ4v) is 3.08. The maximum atomic E-state index is 12.8. The smallest absolute Gasteiger partial charge is 0.226 e. The molecule has 1 saturated heterocycles. The van der Waals surface area contributed by atoms with E-state index in [0.717, 1.165) is 5.56 Å². The number of aromatic nitrogens is 2. The van der Waals surface area contributed by atoms with Crippen molar-refractivity contribution in [2.75, 3.05) is 13.1 Å². The van der Waals surface area contributed by atoms with Gasteiger partial charge in [-0.25, -0.2) is 0 Å². The Morgan fingerprint density at radius 2 is 2.16 bits per heavy atom.